The number of anilines is 2. The summed E-state index contributed by atoms with van der Waals surface area (Å²) in [6.07, 6.45) is 2.41. The van der Waals surface area contributed by atoms with Gasteiger partial charge in [0.05, 0.1) is 42.9 Å². The van der Waals surface area contributed by atoms with E-state index in [0.717, 1.165) is 12.0 Å². The molecule has 0 saturated carbocycles. The lowest BCUT2D eigenvalue weighted by Gasteiger charge is -2.11. The zero-order valence-electron chi connectivity index (χ0n) is 16.7. The summed E-state index contributed by atoms with van der Waals surface area (Å²) >= 11 is 0. The minimum Gasteiger partial charge on any atom is -0.495 e. The fourth-order valence-electron chi connectivity index (χ4n) is 3.04. The van der Waals surface area contributed by atoms with Crippen molar-refractivity contribution in [3.8, 4) is 28.6 Å². The Morgan fingerprint density at radius 2 is 1.90 bits per heavy atom. The van der Waals surface area contributed by atoms with E-state index >= 15 is 0 Å². The van der Waals surface area contributed by atoms with Gasteiger partial charge in [0.15, 0.2) is 27.1 Å². The van der Waals surface area contributed by atoms with Crippen molar-refractivity contribution in [3.63, 3.8) is 0 Å². The zero-order valence-corrected chi connectivity index (χ0v) is 17.5. The maximum absolute atomic E-state index is 12.2. The molecule has 0 bridgehead atoms. The molecule has 158 valence electrons. The highest BCUT2D eigenvalue weighted by Crippen LogP contribution is 2.36. The van der Waals surface area contributed by atoms with Crippen LogP contribution in [0.25, 0.3) is 11.3 Å². The summed E-state index contributed by atoms with van der Waals surface area (Å²) in [6.45, 7) is 2.82. The number of nitrogens with one attached hydrogen (secondary N) is 1. The molecule has 1 aliphatic heterocycles. The van der Waals surface area contributed by atoms with Crippen LogP contribution < -0.4 is 19.5 Å². The number of methoxy groups -OCH3 is 1. The van der Waals surface area contributed by atoms with Crippen molar-refractivity contribution in [2.24, 2.45) is 0 Å². The summed E-state index contributed by atoms with van der Waals surface area (Å²) in [4.78, 5) is 4.45. The first-order valence-electron chi connectivity index (χ1n) is 9.54. The first-order chi connectivity index (χ1) is 14.5. The number of sulfone groups is 1. The van der Waals surface area contributed by atoms with Crippen LogP contribution in [0.5, 0.6) is 17.2 Å². The molecule has 3 aromatic rings. The fourth-order valence-corrected chi connectivity index (χ4v) is 3.95. The minimum absolute atomic E-state index is 0.00599. The average molecular weight is 430 g/mol. The van der Waals surface area contributed by atoms with Crippen molar-refractivity contribution in [3.05, 3.63) is 42.6 Å². The molecule has 2 aromatic carbocycles. The van der Waals surface area contributed by atoms with Gasteiger partial charge in [-0.3, -0.25) is 0 Å². The standard InChI is InChI=1S/C21H22N2O6S/c1-3-30(24,25)15-6-8-17(26-2)16(12-15)23-21-22-13-20(29-21)14-5-7-18-19(11-14)28-10-4-9-27-18/h5-8,11-13H,3-4,9-10H2,1-2H3,(H,22,23). The summed E-state index contributed by atoms with van der Waals surface area (Å²) in [5.41, 5.74) is 1.23. The average Bonchev–Trinajstić information content (AvgIpc) is 3.09. The highest BCUT2D eigenvalue weighted by Gasteiger charge is 2.17. The van der Waals surface area contributed by atoms with E-state index in [1.165, 1.54) is 19.2 Å². The number of oxazole rings is 1. The van der Waals surface area contributed by atoms with Gasteiger partial charge in [-0.1, -0.05) is 6.92 Å². The van der Waals surface area contributed by atoms with E-state index in [1.54, 1.807) is 19.2 Å². The Labute approximate surface area is 174 Å². The molecule has 1 aromatic heterocycles. The molecule has 0 spiro atoms. The Bertz CT molecular complexity index is 1160. The van der Waals surface area contributed by atoms with E-state index in [9.17, 15) is 8.42 Å². The molecule has 0 amide bonds. The highest BCUT2D eigenvalue weighted by atomic mass is 32.2. The minimum atomic E-state index is -3.36. The summed E-state index contributed by atoms with van der Waals surface area (Å²) < 4.78 is 46.9. The molecule has 0 aliphatic carbocycles. The van der Waals surface area contributed by atoms with Gasteiger partial charge >= 0.3 is 0 Å². The van der Waals surface area contributed by atoms with E-state index < -0.39 is 9.84 Å². The van der Waals surface area contributed by atoms with Crippen molar-refractivity contribution in [1.82, 2.24) is 4.98 Å². The maximum Gasteiger partial charge on any atom is 0.299 e. The van der Waals surface area contributed by atoms with Crippen LogP contribution in [0.15, 0.2) is 51.9 Å². The van der Waals surface area contributed by atoms with Crippen LogP contribution in [0.2, 0.25) is 0 Å². The Morgan fingerprint density at radius 1 is 1.10 bits per heavy atom. The van der Waals surface area contributed by atoms with Crippen molar-refractivity contribution in [2.45, 2.75) is 18.2 Å². The number of fused-ring (bicyclic) bond motifs is 1. The molecule has 8 nitrogen and oxygen atoms in total. The summed E-state index contributed by atoms with van der Waals surface area (Å²) in [6, 6.07) is 10.4. The van der Waals surface area contributed by atoms with Crippen LogP contribution in [0.4, 0.5) is 11.7 Å². The number of rotatable bonds is 6. The molecule has 4 rings (SSSR count). The molecule has 1 N–H and O–H groups in total. The van der Waals surface area contributed by atoms with Gasteiger partial charge in [0.25, 0.3) is 6.01 Å². The van der Waals surface area contributed by atoms with E-state index in [4.69, 9.17) is 18.6 Å². The van der Waals surface area contributed by atoms with E-state index in [0.29, 0.717) is 41.9 Å². The lowest BCUT2D eigenvalue weighted by molar-refractivity contribution is 0.297. The molecule has 30 heavy (non-hydrogen) atoms. The zero-order chi connectivity index (χ0) is 21.1. The monoisotopic (exact) mass is 430 g/mol. The van der Waals surface area contributed by atoms with Gasteiger partial charge < -0.3 is 23.9 Å². The van der Waals surface area contributed by atoms with Crippen LogP contribution in [0, 0.1) is 0 Å². The molecule has 0 radical (unpaired) electrons. The third-order valence-corrected chi connectivity index (χ3v) is 6.42. The Balaban J connectivity index is 1.61. The molecule has 0 fully saturated rings. The van der Waals surface area contributed by atoms with Crippen molar-refractivity contribution < 1.29 is 27.0 Å². The molecule has 0 unspecified atom stereocenters. The molecule has 1 aliphatic rings. The number of hydrogen-bond acceptors (Lipinski definition) is 8. The lowest BCUT2D eigenvalue weighted by atomic mass is 10.1. The smallest absolute Gasteiger partial charge is 0.299 e. The summed E-state index contributed by atoms with van der Waals surface area (Å²) in [7, 11) is -1.85. The lowest BCUT2D eigenvalue weighted by Crippen LogP contribution is -2.05. The number of ether oxygens (including phenoxy) is 3. The van der Waals surface area contributed by atoms with Gasteiger partial charge in [-0.05, 0) is 36.4 Å². The van der Waals surface area contributed by atoms with Crippen LogP contribution >= 0.6 is 0 Å². The second-order valence-electron chi connectivity index (χ2n) is 6.63. The predicted molar refractivity (Wildman–Crippen MR) is 112 cm³/mol. The van der Waals surface area contributed by atoms with Crippen molar-refractivity contribution >= 4 is 21.5 Å². The molecular weight excluding hydrogens is 408 g/mol. The quantitative estimate of drug-likeness (QED) is 0.625. The van der Waals surface area contributed by atoms with Gasteiger partial charge in [0.2, 0.25) is 0 Å². The molecular formula is C21H22N2O6S. The summed E-state index contributed by atoms with van der Waals surface area (Å²) in [5, 5.41) is 3.00. The number of benzene rings is 2. The predicted octanol–water partition coefficient (Wildman–Crippen LogP) is 4.05. The number of hydrogen-bond donors (Lipinski definition) is 1. The van der Waals surface area contributed by atoms with Gasteiger partial charge in [0, 0.05) is 12.0 Å². The molecule has 0 atom stereocenters. The van der Waals surface area contributed by atoms with Crippen LogP contribution in [-0.4, -0.2) is 39.5 Å². The van der Waals surface area contributed by atoms with Crippen LogP contribution in [0.3, 0.4) is 0 Å². The summed E-state index contributed by atoms with van der Waals surface area (Å²) in [5.74, 6) is 2.37. The Hall–Kier alpha value is -3.20. The van der Waals surface area contributed by atoms with Crippen LogP contribution in [-0.2, 0) is 9.84 Å². The number of nitrogens with zero attached hydrogens (tertiary/aromatic N) is 1. The first-order valence-corrected chi connectivity index (χ1v) is 11.2. The van der Waals surface area contributed by atoms with E-state index in [1.807, 2.05) is 18.2 Å². The Morgan fingerprint density at radius 3 is 2.67 bits per heavy atom. The van der Waals surface area contributed by atoms with E-state index in [-0.39, 0.29) is 16.7 Å². The fraction of sp³-hybridized carbons (Fsp3) is 0.286. The van der Waals surface area contributed by atoms with Gasteiger partial charge in [0.1, 0.15) is 5.75 Å². The van der Waals surface area contributed by atoms with Gasteiger partial charge in [-0.15, -0.1) is 0 Å². The second-order valence-corrected chi connectivity index (χ2v) is 8.91. The largest absolute Gasteiger partial charge is 0.495 e. The Kier molecular flexibility index (Phi) is 5.54. The van der Waals surface area contributed by atoms with Crippen molar-refractivity contribution in [1.29, 1.82) is 0 Å². The second kappa shape index (κ2) is 8.27. The topological polar surface area (TPSA) is 99.9 Å². The maximum atomic E-state index is 12.2. The molecule has 2 heterocycles. The van der Waals surface area contributed by atoms with Crippen LogP contribution in [0.1, 0.15) is 13.3 Å². The molecule has 0 saturated heterocycles. The third-order valence-electron chi connectivity index (χ3n) is 4.69. The van der Waals surface area contributed by atoms with Crippen molar-refractivity contribution in [2.75, 3.05) is 31.4 Å². The van der Waals surface area contributed by atoms with Gasteiger partial charge in [-0.2, -0.15) is 0 Å². The van der Waals surface area contributed by atoms with Gasteiger partial charge in [-0.25, -0.2) is 13.4 Å². The third kappa shape index (κ3) is 4.06. The molecule has 9 heteroatoms. The highest BCUT2D eigenvalue weighted by molar-refractivity contribution is 7.91. The van der Waals surface area contributed by atoms with E-state index in [2.05, 4.69) is 10.3 Å². The normalized spacial score (nSPS) is 13.5. The number of aromatic nitrogens is 1. The SMILES string of the molecule is CCS(=O)(=O)c1ccc(OC)c(Nc2ncc(-c3ccc4c(c3)OCCCO4)o2)c1. The first kappa shape index (κ1) is 20.1.